The Hall–Kier alpha value is -1.64. The van der Waals surface area contributed by atoms with Gasteiger partial charge in [-0.3, -0.25) is 5.10 Å². The Kier molecular flexibility index (Phi) is 2.44. The van der Waals surface area contributed by atoms with Gasteiger partial charge in [0.25, 0.3) is 0 Å². The van der Waals surface area contributed by atoms with Gasteiger partial charge in [0.05, 0.1) is 0 Å². The van der Waals surface area contributed by atoms with E-state index < -0.39 is 0 Å². The molecule has 0 atom stereocenters. The summed E-state index contributed by atoms with van der Waals surface area (Å²) in [6.45, 7) is 0. The lowest BCUT2D eigenvalue weighted by Gasteiger charge is -1.97. The Morgan fingerprint density at radius 2 is 1.94 bits per heavy atom. The van der Waals surface area contributed by atoms with Crippen molar-refractivity contribution >= 4 is 0 Å². The van der Waals surface area contributed by atoms with E-state index in [4.69, 9.17) is 0 Å². The molecular formula is C13H15N3. The van der Waals surface area contributed by atoms with E-state index in [2.05, 4.69) is 39.4 Å². The zero-order valence-electron chi connectivity index (χ0n) is 9.19. The van der Waals surface area contributed by atoms with Gasteiger partial charge in [0.2, 0.25) is 0 Å². The van der Waals surface area contributed by atoms with Crippen LogP contribution in [0.3, 0.4) is 0 Å². The number of aromatic amines is 1. The number of H-pyrrole nitrogens is 1. The van der Waals surface area contributed by atoms with Gasteiger partial charge >= 0.3 is 0 Å². The van der Waals surface area contributed by atoms with Crippen LogP contribution in [0, 0.1) is 0 Å². The number of aryl methyl sites for hydroxylation is 2. The monoisotopic (exact) mass is 213 g/mol. The highest BCUT2D eigenvalue weighted by Gasteiger charge is 2.27. The zero-order chi connectivity index (χ0) is 10.8. The summed E-state index contributed by atoms with van der Waals surface area (Å²) in [6.07, 6.45) is 4.50. The molecule has 3 heteroatoms. The first-order valence-corrected chi connectivity index (χ1v) is 5.87. The fourth-order valence-corrected chi connectivity index (χ4v) is 1.85. The predicted octanol–water partition coefficient (Wildman–Crippen LogP) is 2.47. The highest BCUT2D eigenvalue weighted by atomic mass is 15.2. The molecule has 1 aliphatic carbocycles. The molecule has 0 spiro atoms. The molecule has 3 rings (SSSR count). The lowest BCUT2D eigenvalue weighted by Crippen LogP contribution is -1.93. The molecule has 0 bridgehead atoms. The van der Waals surface area contributed by atoms with Crippen molar-refractivity contribution < 1.29 is 0 Å². The van der Waals surface area contributed by atoms with Gasteiger partial charge in [0, 0.05) is 12.3 Å². The predicted molar refractivity (Wildman–Crippen MR) is 62.2 cm³/mol. The molecule has 0 unspecified atom stereocenters. The fraction of sp³-hybridized carbons (Fsp3) is 0.385. The molecule has 1 saturated carbocycles. The molecule has 3 nitrogen and oxygen atoms in total. The number of hydrogen-bond donors (Lipinski definition) is 1. The van der Waals surface area contributed by atoms with Gasteiger partial charge < -0.3 is 0 Å². The van der Waals surface area contributed by atoms with Crippen LogP contribution in [-0.2, 0) is 12.8 Å². The summed E-state index contributed by atoms with van der Waals surface area (Å²) in [4.78, 5) is 4.52. The van der Waals surface area contributed by atoms with Crippen molar-refractivity contribution in [2.45, 2.75) is 31.6 Å². The minimum atomic E-state index is 0.640. The van der Waals surface area contributed by atoms with Crippen molar-refractivity contribution in [2.24, 2.45) is 0 Å². The summed E-state index contributed by atoms with van der Waals surface area (Å²) < 4.78 is 0. The summed E-state index contributed by atoms with van der Waals surface area (Å²) >= 11 is 0. The number of benzene rings is 1. The van der Waals surface area contributed by atoms with E-state index in [0.29, 0.717) is 5.92 Å². The Bertz CT molecular complexity index is 457. The minimum Gasteiger partial charge on any atom is -0.263 e. The van der Waals surface area contributed by atoms with Gasteiger partial charge in [0.1, 0.15) is 5.82 Å². The second kappa shape index (κ2) is 4.08. The molecule has 1 aromatic carbocycles. The number of nitrogens with zero attached hydrogens (tertiary/aromatic N) is 2. The molecule has 1 aliphatic rings. The summed E-state index contributed by atoms with van der Waals surface area (Å²) in [6, 6.07) is 10.5. The van der Waals surface area contributed by atoms with Gasteiger partial charge in [-0.2, -0.15) is 5.10 Å². The summed E-state index contributed by atoms with van der Waals surface area (Å²) in [5.74, 6) is 2.68. The lowest BCUT2D eigenvalue weighted by atomic mass is 10.1. The Morgan fingerprint density at radius 3 is 2.69 bits per heavy atom. The van der Waals surface area contributed by atoms with Crippen molar-refractivity contribution in [1.29, 1.82) is 0 Å². The average Bonchev–Trinajstić information content (AvgIpc) is 3.08. The third-order valence-corrected chi connectivity index (χ3v) is 2.98. The normalized spacial score (nSPS) is 15.2. The van der Waals surface area contributed by atoms with Crippen LogP contribution in [0.25, 0.3) is 0 Å². The topological polar surface area (TPSA) is 41.6 Å². The second-order valence-corrected chi connectivity index (χ2v) is 4.40. The first kappa shape index (κ1) is 9.58. The van der Waals surface area contributed by atoms with Gasteiger partial charge in [-0.25, -0.2) is 4.98 Å². The van der Waals surface area contributed by atoms with E-state index in [-0.39, 0.29) is 0 Å². The SMILES string of the molecule is c1ccc(CCc2nc(C3CC3)n[nH]2)cc1. The summed E-state index contributed by atoms with van der Waals surface area (Å²) in [5, 5.41) is 7.29. The molecule has 2 aromatic rings. The van der Waals surface area contributed by atoms with Crippen molar-refractivity contribution in [3.05, 3.63) is 47.5 Å². The molecular weight excluding hydrogens is 198 g/mol. The maximum Gasteiger partial charge on any atom is 0.153 e. The number of hydrogen-bond acceptors (Lipinski definition) is 2. The van der Waals surface area contributed by atoms with Crippen molar-refractivity contribution in [3.63, 3.8) is 0 Å². The van der Waals surface area contributed by atoms with Crippen LogP contribution in [0.1, 0.15) is 36.0 Å². The van der Waals surface area contributed by atoms with Crippen molar-refractivity contribution in [2.75, 3.05) is 0 Å². The van der Waals surface area contributed by atoms with Crippen molar-refractivity contribution in [3.8, 4) is 0 Å². The average molecular weight is 213 g/mol. The Balaban J connectivity index is 1.61. The van der Waals surface area contributed by atoms with Crippen molar-refractivity contribution in [1.82, 2.24) is 15.2 Å². The van der Waals surface area contributed by atoms with E-state index >= 15 is 0 Å². The van der Waals surface area contributed by atoms with Gasteiger partial charge in [0.15, 0.2) is 5.82 Å². The smallest absolute Gasteiger partial charge is 0.153 e. The van der Waals surface area contributed by atoms with E-state index in [1.54, 1.807) is 0 Å². The van der Waals surface area contributed by atoms with Gasteiger partial charge in [-0.05, 0) is 24.8 Å². The highest BCUT2D eigenvalue weighted by Crippen LogP contribution is 2.37. The minimum absolute atomic E-state index is 0.640. The zero-order valence-corrected chi connectivity index (χ0v) is 9.19. The fourth-order valence-electron chi connectivity index (χ4n) is 1.85. The highest BCUT2D eigenvalue weighted by molar-refractivity contribution is 5.15. The first-order chi connectivity index (χ1) is 7.92. The van der Waals surface area contributed by atoms with Crippen LogP contribution in [0.4, 0.5) is 0 Å². The van der Waals surface area contributed by atoms with E-state index in [9.17, 15) is 0 Å². The van der Waals surface area contributed by atoms with E-state index in [1.165, 1.54) is 18.4 Å². The molecule has 1 fully saturated rings. The third-order valence-electron chi connectivity index (χ3n) is 2.98. The van der Waals surface area contributed by atoms with Crippen LogP contribution in [0.15, 0.2) is 30.3 Å². The quantitative estimate of drug-likeness (QED) is 0.847. The molecule has 1 heterocycles. The number of aromatic nitrogens is 3. The molecule has 82 valence electrons. The second-order valence-electron chi connectivity index (χ2n) is 4.40. The maximum atomic E-state index is 4.52. The molecule has 1 aromatic heterocycles. The van der Waals surface area contributed by atoms with Crippen LogP contribution in [0.5, 0.6) is 0 Å². The lowest BCUT2D eigenvalue weighted by molar-refractivity contribution is 0.865. The van der Waals surface area contributed by atoms with Gasteiger partial charge in [-0.15, -0.1) is 0 Å². The molecule has 0 radical (unpaired) electrons. The molecule has 0 aliphatic heterocycles. The van der Waals surface area contributed by atoms with E-state index in [0.717, 1.165) is 24.5 Å². The van der Waals surface area contributed by atoms with Crippen LogP contribution < -0.4 is 0 Å². The number of rotatable bonds is 4. The van der Waals surface area contributed by atoms with Crippen LogP contribution in [-0.4, -0.2) is 15.2 Å². The largest absolute Gasteiger partial charge is 0.263 e. The third kappa shape index (κ3) is 2.13. The summed E-state index contributed by atoms with van der Waals surface area (Å²) in [5.41, 5.74) is 1.35. The molecule has 16 heavy (non-hydrogen) atoms. The van der Waals surface area contributed by atoms with Crippen LogP contribution >= 0.6 is 0 Å². The molecule has 0 amide bonds. The standard InChI is InChI=1S/C13H15N3/c1-2-4-10(5-3-1)6-9-12-14-13(16-15-12)11-7-8-11/h1-5,11H,6-9H2,(H,14,15,16). The molecule has 1 N–H and O–H groups in total. The Morgan fingerprint density at radius 1 is 1.12 bits per heavy atom. The van der Waals surface area contributed by atoms with Crippen LogP contribution in [0.2, 0.25) is 0 Å². The maximum absolute atomic E-state index is 4.52. The first-order valence-electron chi connectivity index (χ1n) is 5.87. The van der Waals surface area contributed by atoms with E-state index in [1.807, 2.05) is 6.07 Å². The number of nitrogens with one attached hydrogen (secondary N) is 1. The van der Waals surface area contributed by atoms with Gasteiger partial charge in [-0.1, -0.05) is 30.3 Å². The Labute approximate surface area is 94.9 Å². The summed E-state index contributed by atoms with van der Waals surface area (Å²) in [7, 11) is 0. The molecule has 0 saturated heterocycles.